The second-order valence-electron chi connectivity index (χ2n) is 4.68. The number of aryl methyl sites for hydroxylation is 1. The molecule has 0 aliphatic heterocycles. The Morgan fingerprint density at radius 2 is 1.95 bits per heavy atom. The third-order valence-electron chi connectivity index (χ3n) is 2.79. The highest BCUT2D eigenvalue weighted by molar-refractivity contribution is 7.91. The van der Waals surface area contributed by atoms with E-state index in [9.17, 15) is 18.5 Å². The summed E-state index contributed by atoms with van der Waals surface area (Å²) in [6.07, 6.45) is 0. The Balaban J connectivity index is 2.74. The molecule has 0 fully saturated rings. The molecule has 0 saturated carbocycles. The summed E-state index contributed by atoms with van der Waals surface area (Å²) in [7, 11) is -4.80. The molecule has 5 nitrogen and oxygen atoms in total. The van der Waals surface area contributed by atoms with Gasteiger partial charge in [0, 0.05) is 5.46 Å². The van der Waals surface area contributed by atoms with Crippen molar-refractivity contribution in [2.24, 2.45) is 0 Å². The van der Waals surface area contributed by atoms with E-state index in [1.54, 1.807) is 32.0 Å². The molecule has 0 atom stereocenters. The van der Waals surface area contributed by atoms with Crippen molar-refractivity contribution in [3.63, 3.8) is 0 Å². The SMILES string of the molecule is Cc1ccc(OCCS(=O)(=O)C(C)C)c(B(O)O)c1. The summed E-state index contributed by atoms with van der Waals surface area (Å²) < 4.78 is 28.6. The van der Waals surface area contributed by atoms with Crippen LogP contribution < -0.4 is 10.2 Å². The Kier molecular flexibility index (Phi) is 5.40. The van der Waals surface area contributed by atoms with Gasteiger partial charge < -0.3 is 14.8 Å². The van der Waals surface area contributed by atoms with Gasteiger partial charge in [-0.25, -0.2) is 8.42 Å². The van der Waals surface area contributed by atoms with Crippen molar-refractivity contribution in [1.82, 2.24) is 0 Å². The van der Waals surface area contributed by atoms with Crippen LogP contribution >= 0.6 is 0 Å². The number of sulfone groups is 1. The summed E-state index contributed by atoms with van der Waals surface area (Å²) in [6, 6.07) is 4.96. The van der Waals surface area contributed by atoms with Crippen molar-refractivity contribution in [2.45, 2.75) is 26.0 Å². The van der Waals surface area contributed by atoms with E-state index < -0.39 is 22.2 Å². The minimum Gasteiger partial charge on any atom is -0.493 e. The van der Waals surface area contributed by atoms with E-state index in [4.69, 9.17) is 4.74 Å². The largest absolute Gasteiger partial charge is 0.493 e. The molecule has 0 aromatic heterocycles. The number of ether oxygens (including phenoxy) is 1. The smallest absolute Gasteiger partial charge is 0.492 e. The van der Waals surface area contributed by atoms with E-state index in [1.165, 1.54) is 0 Å². The molecule has 0 radical (unpaired) electrons. The van der Waals surface area contributed by atoms with Crippen LogP contribution in [0, 0.1) is 6.92 Å². The van der Waals surface area contributed by atoms with Gasteiger partial charge in [-0.05, 0) is 26.8 Å². The van der Waals surface area contributed by atoms with Gasteiger partial charge in [-0.1, -0.05) is 17.7 Å². The van der Waals surface area contributed by atoms with Gasteiger partial charge >= 0.3 is 7.12 Å². The van der Waals surface area contributed by atoms with Crippen molar-refractivity contribution in [3.05, 3.63) is 23.8 Å². The molecule has 7 heteroatoms. The molecule has 0 unspecified atom stereocenters. The van der Waals surface area contributed by atoms with E-state index in [1.807, 2.05) is 6.92 Å². The van der Waals surface area contributed by atoms with Gasteiger partial charge in [0.1, 0.15) is 12.4 Å². The molecular weight excluding hydrogens is 267 g/mol. The molecule has 0 saturated heterocycles. The zero-order valence-corrected chi connectivity index (χ0v) is 12.1. The normalized spacial score (nSPS) is 11.7. The molecule has 0 bridgehead atoms. The second-order valence-corrected chi connectivity index (χ2v) is 7.36. The maximum absolute atomic E-state index is 11.6. The molecule has 106 valence electrons. The fourth-order valence-electron chi connectivity index (χ4n) is 1.50. The Bertz CT molecular complexity index is 525. The lowest BCUT2D eigenvalue weighted by Gasteiger charge is -2.13. The second kappa shape index (κ2) is 6.41. The van der Waals surface area contributed by atoms with Crippen molar-refractivity contribution >= 4 is 22.4 Å². The molecule has 0 spiro atoms. The fourth-order valence-corrected chi connectivity index (χ4v) is 2.29. The fraction of sp³-hybridized carbons (Fsp3) is 0.500. The van der Waals surface area contributed by atoms with Crippen molar-refractivity contribution in [1.29, 1.82) is 0 Å². The predicted molar refractivity (Wildman–Crippen MR) is 75.4 cm³/mol. The molecule has 0 aliphatic carbocycles. The van der Waals surface area contributed by atoms with Crippen LogP contribution in [-0.4, -0.2) is 43.2 Å². The van der Waals surface area contributed by atoms with Crippen LogP contribution in [0.15, 0.2) is 18.2 Å². The van der Waals surface area contributed by atoms with E-state index in [2.05, 4.69) is 0 Å². The van der Waals surface area contributed by atoms with Gasteiger partial charge in [-0.3, -0.25) is 0 Å². The zero-order valence-electron chi connectivity index (χ0n) is 11.3. The Morgan fingerprint density at radius 3 is 2.47 bits per heavy atom. The van der Waals surface area contributed by atoms with Gasteiger partial charge in [-0.2, -0.15) is 0 Å². The average molecular weight is 286 g/mol. The first kappa shape index (κ1) is 16.0. The standard InChI is InChI=1S/C12H19BO5S/c1-9(2)19(16,17)7-6-18-12-5-4-10(3)8-11(12)13(14)15/h4-5,8-9,14-15H,6-7H2,1-3H3. The summed E-state index contributed by atoms with van der Waals surface area (Å²) in [4.78, 5) is 0. The van der Waals surface area contributed by atoms with E-state index in [-0.39, 0.29) is 17.8 Å². The molecule has 1 aromatic rings. The summed E-state index contributed by atoms with van der Waals surface area (Å²) in [6.45, 7) is 5.04. The summed E-state index contributed by atoms with van der Waals surface area (Å²) in [5.74, 6) is 0.194. The van der Waals surface area contributed by atoms with Crippen LogP contribution in [-0.2, 0) is 9.84 Å². The average Bonchev–Trinajstić information content (AvgIpc) is 2.30. The lowest BCUT2D eigenvalue weighted by molar-refractivity contribution is 0.340. The molecule has 0 amide bonds. The summed E-state index contributed by atoms with van der Waals surface area (Å²) in [5, 5.41) is 18.0. The highest BCUT2D eigenvalue weighted by atomic mass is 32.2. The van der Waals surface area contributed by atoms with Crippen LogP contribution in [0.1, 0.15) is 19.4 Å². The lowest BCUT2D eigenvalue weighted by Crippen LogP contribution is -2.32. The van der Waals surface area contributed by atoms with Gasteiger partial charge in [0.2, 0.25) is 0 Å². The van der Waals surface area contributed by atoms with Gasteiger partial charge in [0.15, 0.2) is 9.84 Å². The topological polar surface area (TPSA) is 83.8 Å². The van der Waals surface area contributed by atoms with Crippen molar-refractivity contribution in [2.75, 3.05) is 12.4 Å². The van der Waals surface area contributed by atoms with Crippen LogP contribution in [0.5, 0.6) is 5.75 Å². The highest BCUT2D eigenvalue weighted by Gasteiger charge is 2.19. The van der Waals surface area contributed by atoms with Crippen LogP contribution in [0.4, 0.5) is 0 Å². The van der Waals surface area contributed by atoms with Crippen LogP contribution in [0.3, 0.4) is 0 Å². The first-order chi connectivity index (χ1) is 8.74. The molecule has 1 rings (SSSR count). The monoisotopic (exact) mass is 286 g/mol. The Labute approximate surface area is 114 Å². The molecule has 2 N–H and O–H groups in total. The third kappa shape index (κ3) is 4.52. The minimum atomic E-state index is -3.16. The van der Waals surface area contributed by atoms with Crippen molar-refractivity contribution in [3.8, 4) is 5.75 Å². The highest BCUT2D eigenvalue weighted by Crippen LogP contribution is 2.11. The van der Waals surface area contributed by atoms with E-state index in [0.717, 1.165) is 5.56 Å². The zero-order chi connectivity index (χ0) is 14.6. The first-order valence-electron chi connectivity index (χ1n) is 6.05. The number of hydrogen-bond acceptors (Lipinski definition) is 5. The molecule has 1 aromatic carbocycles. The number of hydrogen-bond donors (Lipinski definition) is 2. The molecule has 19 heavy (non-hydrogen) atoms. The molecule has 0 heterocycles. The number of rotatable bonds is 6. The third-order valence-corrected chi connectivity index (χ3v) is 4.96. The predicted octanol–water partition coefficient (Wildman–Crippen LogP) is -0.123. The van der Waals surface area contributed by atoms with Gasteiger partial charge in [0.05, 0.1) is 11.0 Å². The van der Waals surface area contributed by atoms with Crippen LogP contribution in [0.25, 0.3) is 0 Å². The maximum atomic E-state index is 11.6. The Hall–Kier alpha value is -1.05. The minimum absolute atomic E-state index is 0.0106. The quantitative estimate of drug-likeness (QED) is 0.712. The molecule has 0 aliphatic rings. The van der Waals surface area contributed by atoms with Crippen LogP contribution in [0.2, 0.25) is 0 Å². The van der Waals surface area contributed by atoms with Crippen molar-refractivity contribution < 1.29 is 23.2 Å². The van der Waals surface area contributed by atoms with Gasteiger partial charge in [-0.15, -0.1) is 0 Å². The first-order valence-corrected chi connectivity index (χ1v) is 7.76. The number of benzene rings is 1. The lowest BCUT2D eigenvalue weighted by atomic mass is 9.79. The van der Waals surface area contributed by atoms with E-state index >= 15 is 0 Å². The van der Waals surface area contributed by atoms with Gasteiger partial charge in [0.25, 0.3) is 0 Å². The summed E-state index contributed by atoms with van der Waals surface area (Å²) in [5.41, 5.74) is 1.10. The molecular formula is C12H19BO5S. The summed E-state index contributed by atoms with van der Waals surface area (Å²) >= 11 is 0. The Morgan fingerprint density at radius 1 is 1.32 bits per heavy atom. The maximum Gasteiger partial charge on any atom is 0.492 e. The van der Waals surface area contributed by atoms with E-state index in [0.29, 0.717) is 5.75 Å².